The Bertz CT molecular complexity index is 116. The lowest BCUT2D eigenvalue weighted by atomic mass is 10.3. The fourth-order valence-electron chi connectivity index (χ4n) is 0.446. The molecule has 0 rings (SSSR count). The first-order valence-electron chi connectivity index (χ1n) is 3.05. The summed E-state index contributed by atoms with van der Waals surface area (Å²) in [6.07, 6.45) is -0.429. The molecule has 1 amide bonds. The number of likely N-dealkylation sites (N-methyl/N-ethyl adjacent to an activating group) is 1. The van der Waals surface area contributed by atoms with Crippen LogP contribution in [0.1, 0.15) is 6.92 Å². The normalized spacial score (nSPS) is 12.4. The van der Waals surface area contributed by atoms with Gasteiger partial charge in [0.1, 0.15) is 0 Å². The average Bonchev–Trinajstić information content (AvgIpc) is 2.00. The zero-order valence-corrected chi connectivity index (χ0v) is 6.50. The molecule has 0 fully saturated rings. The summed E-state index contributed by atoms with van der Waals surface area (Å²) >= 11 is 0. The van der Waals surface area contributed by atoms with E-state index < -0.39 is 6.09 Å². The largest absolute Gasteiger partial charge is 0.453 e. The Labute approximate surface area is 60.4 Å². The maximum atomic E-state index is 10.7. The summed E-state index contributed by atoms with van der Waals surface area (Å²) in [5.74, 6) is 0. The van der Waals surface area contributed by atoms with Crippen LogP contribution in [0, 0.1) is 0 Å². The van der Waals surface area contributed by atoms with Gasteiger partial charge >= 0.3 is 6.09 Å². The molecule has 0 aliphatic rings. The summed E-state index contributed by atoms with van der Waals surface area (Å²) in [7, 11) is 2.88. The first-order valence-corrected chi connectivity index (χ1v) is 3.05. The Hall–Kier alpha value is -0.770. The van der Waals surface area contributed by atoms with Crippen molar-refractivity contribution in [2.75, 3.05) is 20.8 Å². The van der Waals surface area contributed by atoms with Gasteiger partial charge in [-0.25, -0.2) is 4.79 Å². The maximum absolute atomic E-state index is 10.7. The van der Waals surface area contributed by atoms with Crippen molar-refractivity contribution >= 4 is 6.09 Å². The van der Waals surface area contributed by atoms with E-state index in [1.165, 1.54) is 12.0 Å². The molecule has 1 atom stereocenters. The van der Waals surface area contributed by atoms with Crippen LogP contribution in [-0.2, 0) is 4.74 Å². The van der Waals surface area contributed by atoms with Crippen molar-refractivity contribution < 1.29 is 14.6 Å². The van der Waals surface area contributed by atoms with Gasteiger partial charge in [-0.2, -0.15) is 0 Å². The summed E-state index contributed by atoms with van der Waals surface area (Å²) < 4.78 is 4.41. The van der Waals surface area contributed by atoms with E-state index in [9.17, 15) is 4.79 Å². The smallest absolute Gasteiger partial charge is 0.409 e. The fraction of sp³-hybridized carbons (Fsp3) is 0.833. The van der Waals surface area contributed by atoms with Crippen molar-refractivity contribution in [2.45, 2.75) is 13.0 Å². The van der Waals surface area contributed by atoms with Crippen LogP contribution in [0.15, 0.2) is 0 Å². The molecule has 10 heavy (non-hydrogen) atoms. The summed E-state index contributed by atoms with van der Waals surface area (Å²) in [5.41, 5.74) is 0. The highest BCUT2D eigenvalue weighted by Crippen LogP contribution is 1.95. The SMILES string of the molecule is COC(=O)N(C)[C@H](C)CO. The molecule has 0 spiro atoms. The minimum atomic E-state index is -0.429. The number of nitrogens with zero attached hydrogens (tertiary/aromatic N) is 1. The van der Waals surface area contributed by atoms with E-state index in [2.05, 4.69) is 4.74 Å². The molecule has 0 saturated carbocycles. The molecule has 0 aromatic carbocycles. The third-order valence-corrected chi connectivity index (χ3v) is 1.39. The molecule has 0 unspecified atom stereocenters. The summed E-state index contributed by atoms with van der Waals surface area (Å²) in [4.78, 5) is 12.0. The third-order valence-electron chi connectivity index (χ3n) is 1.39. The lowest BCUT2D eigenvalue weighted by Gasteiger charge is -2.20. The number of ether oxygens (including phenoxy) is 1. The Morgan fingerprint density at radius 2 is 2.30 bits per heavy atom. The highest BCUT2D eigenvalue weighted by Gasteiger charge is 2.13. The van der Waals surface area contributed by atoms with Gasteiger partial charge in [-0.1, -0.05) is 0 Å². The van der Waals surface area contributed by atoms with Crippen LogP contribution < -0.4 is 0 Å². The highest BCUT2D eigenvalue weighted by molar-refractivity contribution is 5.67. The number of carbonyl (C=O) groups is 1. The number of hydrogen-bond donors (Lipinski definition) is 1. The number of hydrogen-bond acceptors (Lipinski definition) is 3. The Balaban J connectivity index is 3.81. The molecular formula is C6H13NO3. The topological polar surface area (TPSA) is 49.8 Å². The quantitative estimate of drug-likeness (QED) is 0.601. The van der Waals surface area contributed by atoms with Gasteiger partial charge in [-0.15, -0.1) is 0 Å². The van der Waals surface area contributed by atoms with Crippen molar-refractivity contribution in [1.29, 1.82) is 0 Å². The zero-order chi connectivity index (χ0) is 8.15. The van der Waals surface area contributed by atoms with Gasteiger partial charge in [0.25, 0.3) is 0 Å². The monoisotopic (exact) mass is 147 g/mol. The molecule has 1 N–H and O–H groups in total. The molecule has 0 heterocycles. The number of aliphatic hydroxyl groups excluding tert-OH is 1. The second kappa shape index (κ2) is 4.11. The second-order valence-corrected chi connectivity index (χ2v) is 2.11. The van der Waals surface area contributed by atoms with Crippen LogP contribution in [0.5, 0.6) is 0 Å². The van der Waals surface area contributed by atoms with Crippen LogP contribution in [-0.4, -0.2) is 42.9 Å². The second-order valence-electron chi connectivity index (χ2n) is 2.11. The number of aliphatic hydroxyl groups is 1. The van der Waals surface area contributed by atoms with E-state index in [-0.39, 0.29) is 12.6 Å². The molecule has 0 saturated heterocycles. The van der Waals surface area contributed by atoms with Crippen molar-refractivity contribution in [1.82, 2.24) is 4.90 Å². The van der Waals surface area contributed by atoms with Crippen molar-refractivity contribution in [3.8, 4) is 0 Å². The number of rotatable bonds is 2. The minimum absolute atomic E-state index is 0.0500. The Morgan fingerprint density at radius 1 is 1.80 bits per heavy atom. The zero-order valence-electron chi connectivity index (χ0n) is 6.50. The Morgan fingerprint density at radius 3 is 2.60 bits per heavy atom. The highest BCUT2D eigenvalue weighted by atomic mass is 16.5. The van der Waals surface area contributed by atoms with Crippen molar-refractivity contribution in [2.24, 2.45) is 0 Å². The Kier molecular flexibility index (Phi) is 3.79. The van der Waals surface area contributed by atoms with E-state index in [0.717, 1.165) is 0 Å². The molecule has 4 heteroatoms. The molecule has 0 aromatic heterocycles. The lowest BCUT2D eigenvalue weighted by molar-refractivity contribution is 0.102. The van der Waals surface area contributed by atoms with E-state index in [1.807, 2.05) is 0 Å². The molecular weight excluding hydrogens is 134 g/mol. The van der Waals surface area contributed by atoms with Crippen LogP contribution in [0.4, 0.5) is 4.79 Å². The van der Waals surface area contributed by atoms with Crippen molar-refractivity contribution in [3.63, 3.8) is 0 Å². The number of amides is 1. The molecule has 4 nitrogen and oxygen atoms in total. The first-order chi connectivity index (χ1) is 4.63. The predicted octanol–water partition coefficient (Wildman–Crippen LogP) is 0.0654. The summed E-state index contributed by atoms with van der Waals surface area (Å²) in [6.45, 7) is 1.68. The first kappa shape index (κ1) is 9.23. The van der Waals surface area contributed by atoms with Gasteiger partial charge in [0.2, 0.25) is 0 Å². The van der Waals surface area contributed by atoms with Crippen LogP contribution in [0.25, 0.3) is 0 Å². The number of carbonyl (C=O) groups excluding carboxylic acids is 1. The van der Waals surface area contributed by atoms with E-state index in [0.29, 0.717) is 0 Å². The molecule has 0 aliphatic heterocycles. The van der Waals surface area contributed by atoms with Gasteiger partial charge in [0.05, 0.1) is 19.8 Å². The lowest BCUT2D eigenvalue weighted by Crippen LogP contribution is -2.37. The van der Waals surface area contributed by atoms with Crippen LogP contribution in [0.2, 0.25) is 0 Å². The minimum Gasteiger partial charge on any atom is -0.453 e. The van der Waals surface area contributed by atoms with Gasteiger partial charge in [0.15, 0.2) is 0 Å². The van der Waals surface area contributed by atoms with E-state index >= 15 is 0 Å². The van der Waals surface area contributed by atoms with Gasteiger partial charge < -0.3 is 14.7 Å². The summed E-state index contributed by atoms with van der Waals surface area (Å²) in [5, 5.41) is 8.60. The molecule has 0 aliphatic carbocycles. The fourth-order valence-corrected chi connectivity index (χ4v) is 0.446. The molecule has 0 bridgehead atoms. The third kappa shape index (κ3) is 2.23. The van der Waals surface area contributed by atoms with Gasteiger partial charge in [-0.05, 0) is 6.92 Å². The number of methoxy groups -OCH3 is 1. The van der Waals surface area contributed by atoms with Gasteiger partial charge in [0, 0.05) is 7.05 Å². The maximum Gasteiger partial charge on any atom is 0.409 e. The molecule has 0 radical (unpaired) electrons. The standard InChI is InChI=1S/C6H13NO3/c1-5(4-8)7(2)6(9)10-3/h5,8H,4H2,1-3H3/t5-/m1/s1. The van der Waals surface area contributed by atoms with Crippen molar-refractivity contribution in [3.05, 3.63) is 0 Å². The predicted molar refractivity (Wildman–Crippen MR) is 36.7 cm³/mol. The summed E-state index contributed by atoms with van der Waals surface area (Å²) in [6, 6.07) is -0.188. The van der Waals surface area contributed by atoms with Gasteiger partial charge in [-0.3, -0.25) is 0 Å². The van der Waals surface area contributed by atoms with E-state index in [1.54, 1.807) is 14.0 Å². The molecule has 0 aromatic rings. The average molecular weight is 147 g/mol. The van der Waals surface area contributed by atoms with Crippen LogP contribution in [0.3, 0.4) is 0 Å². The molecule has 60 valence electrons. The van der Waals surface area contributed by atoms with Crippen LogP contribution >= 0.6 is 0 Å². The van der Waals surface area contributed by atoms with E-state index in [4.69, 9.17) is 5.11 Å².